The van der Waals surface area contributed by atoms with Gasteiger partial charge in [0.05, 0.1) is 16.1 Å². The largest absolute Gasteiger partial charge is 0.258 e. The van der Waals surface area contributed by atoms with Gasteiger partial charge in [-0.1, -0.05) is 17.5 Å². The summed E-state index contributed by atoms with van der Waals surface area (Å²) in [5.41, 5.74) is 0.555. The van der Waals surface area contributed by atoms with Crippen molar-refractivity contribution >= 4 is 11.6 Å². The lowest BCUT2D eigenvalue weighted by Crippen LogP contribution is -2.15. The third-order valence-corrected chi connectivity index (χ3v) is 1.95. The van der Waals surface area contributed by atoms with Gasteiger partial charge in [0, 0.05) is 6.20 Å². The van der Waals surface area contributed by atoms with Crippen molar-refractivity contribution in [3.05, 3.63) is 29.0 Å². The Hall–Kier alpha value is -1.00. The van der Waals surface area contributed by atoms with E-state index < -0.39 is 0 Å². The molecule has 0 aliphatic rings. The van der Waals surface area contributed by atoms with E-state index in [1.54, 1.807) is 12.3 Å². The molecule has 0 saturated heterocycles. The fourth-order valence-corrected chi connectivity index (χ4v) is 0.931. The van der Waals surface area contributed by atoms with Crippen LogP contribution in [0.4, 0.5) is 0 Å². The summed E-state index contributed by atoms with van der Waals surface area (Å²) < 4.78 is 0. The first kappa shape index (κ1) is 9.09. The second-order valence-corrected chi connectivity index (χ2v) is 3.57. The first-order chi connectivity index (χ1) is 5.56. The molecule has 0 N–H and O–H groups in total. The van der Waals surface area contributed by atoms with Gasteiger partial charge in [-0.15, -0.1) is 6.42 Å². The van der Waals surface area contributed by atoms with Crippen molar-refractivity contribution in [2.45, 2.75) is 19.3 Å². The Bertz CT molecular complexity index is 306. The predicted octanol–water partition coefficient (Wildman–Crippen LogP) is 2.65. The van der Waals surface area contributed by atoms with Gasteiger partial charge in [-0.3, -0.25) is 4.98 Å². The van der Waals surface area contributed by atoms with Gasteiger partial charge in [0.25, 0.3) is 0 Å². The Morgan fingerprint density at radius 1 is 1.50 bits per heavy atom. The van der Waals surface area contributed by atoms with E-state index in [4.69, 9.17) is 18.0 Å². The van der Waals surface area contributed by atoms with E-state index in [-0.39, 0.29) is 5.41 Å². The predicted molar refractivity (Wildman–Crippen MR) is 51.1 cm³/mol. The Morgan fingerprint density at radius 3 is 2.58 bits per heavy atom. The number of hydrogen-bond acceptors (Lipinski definition) is 1. The molecule has 0 unspecified atom stereocenters. The summed E-state index contributed by atoms with van der Waals surface area (Å²) in [5.74, 6) is 2.67. The molecule has 0 spiro atoms. The van der Waals surface area contributed by atoms with Gasteiger partial charge in [0.2, 0.25) is 0 Å². The fraction of sp³-hybridized carbons (Fsp3) is 0.300. The van der Waals surface area contributed by atoms with Crippen LogP contribution in [-0.4, -0.2) is 4.98 Å². The molecule has 0 fully saturated rings. The molecule has 0 aliphatic carbocycles. The third kappa shape index (κ3) is 1.78. The smallest absolute Gasteiger partial charge is 0.0675 e. The minimum absolute atomic E-state index is 0.315. The van der Waals surface area contributed by atoms with Crippen LogP contribution in [0.5, 0.6) is 0 Å². The van der Waals surface area contributed by atoms with Gasteiger partial charge in [-0.2, -0.15) is 0 Å². The minimum Gasteiger partial charge on any atom is -0.258 e. The first-order valence-corrected chi connectivity index (χ1v) is 4.04. The molecule has 0 aromatic carbocycles. The number of aromatic nitrogens is 1. The van der Waals surface area contributed by atoms with Crippen molar-refractivity contribution in [2.24, 2.45) is 0 Å². The second kappa shape index (κ2) is 3.16. The maximum Gasteiger partial charge on any atom is 0.0675 e. The summed E-state index contributed by atoms with van der Waals surface area (Å²) in [6.45, 7) is 3.90. The molecular weight excluding hydrogens is 170 g/mol. The topological polar surface area (TPSA) is 12.9 Å². The molecule has 0 atom stereocenters. The summed E-state index contributed by atoms with van der Waals surface area (Å²) in [7, 11) is 0. The molecule has 1 aromatic heterocycles. The van der Waals surface area contributed by atoms with Crippen molar-refractivity contribution in [1.29, 1.82) is 0 Å². The summed E-state index contributed by atoms with van der Waals surface area (Å²) >= 11 is 5.69. The number of hydrogen-bond donors (Lipinski definition) is 0. The van der Waals surface area contributed by atoms with Gasteiger partial charge >= 0.3 is 0 Å². The number of terminal acetylenes is 1. The van der Waals surface area contributed by atoms with Gasteiger partial charge in [0.15, 0.2) is 0 Å². The lowest BCUT2D eigenvalue weighted by atomic mass is 9.90. The van der Waals surface area contributed by atoms with Gasteiger partial charge in [0.1, 0.15) is 0 Å². The molecule has 0 aliphatic heterocycles. The standard InChI is InChI=1S/C10H10ClN/c1-4-10(2,3)9-6-5-8(11)7-12-9/h1,5-7H,2-3H3. The Morgan fingerprint density at radius 2 is 2.17 bits per heavy atom. The molecule has 1 aromatic rings. The lowest BCUT2D eigenvalue weighted by Gasteiger charge is -2.15. The summed E-state index contributed by atoms with van der Waals surface area (Å²) in [4.78, 5) is 4.15. The van der Waals surface area contributed by atoms with Gasteiger partial charge in [-0.05, 0) is 26.0 Å². The summed E-state index contributed by atoms with van der Waals surface area (Å²) in [6, 6.07) is 3.64. The molecular formula is C10H10ClN. The van der Waals surface area contributed by atoms with Gasteiger partial charge < -0.3 is 0 Å². The Kier molecular flexibility index (Phi) is 2.40. The molecule has 1 nitrogen and oxygen atoms in total. The van der Waals surface area contributed by atoms with Crippen LogP contribution in [-0.2, 0) is 5.41 Å². The summed E-state index contributed by atoms with van der Waals surface area (Å²) in [6.07, 6.45) is 6.96. The van der Waals surface area contributed by atoms with Crippen molar-refractivity contribution in [2.75, 3.05) is 0 Å². The third-order valence-electron chi connectivity index (χ3n) is 1.73. The fourth-order valence-electron chi connectivity index (χ4n) is 0.819. The molecule has 0 radical (unpaired) electrons. The molecule has 62 valence electrons. The average molecular weight is 180 g/mol. The molecule has 2 heteroatoms. The van der Waals surface area contributed by atoms with E-state index in [2.05, 4.69) is 10.9 Å². The molecule has 1 rings (SSSR count). The normalized spacial score (nSPS) is 10.8. The maximum atomic E-state index is 5.69. The van der Waals surface area contributed by atoms with Crippen LogP contribution in [0.1, 0.15) is 19.5 Å². The van der Waals surface area contributed by atoms with E-state index in [0.29, 0.717) is 5.02 Å². The number of halogens is 1. The van der Waals surface area contributed by atoms with Gasteiger partial charge in [-0.25, -0.2) is 0 Å². The van der Waals surface area contributed by atoms with E-state index in [1.807, 2.05) is 19.9 Å². The Labute approximate surface area is 77.8 Å². The molecule has 1 heterocycles. The van der Waals surface area contributed by atoms with Crippen LogP contribution < -0.4 is 0 Å². The van der Waals surface area contributed by atoms with Crippen LogP contribution in [0, 0.1) is 12.3 Å². The monoisotopic (exact) mass is 179 g/mol. The van der Waals surface area contributed by atoms with E-state index in [1.165, 1.54) is 0 Å². The van der Waals surface area contributed by atoms with Crippen LogP contribution in [0.3, 0.4) is 0 Å². The van der Waals surface area contributed by atoms with Crippen molar-refractivity contribution in [1.82, 2.24) is 4.98 Å². The van der Waals surface area contributed by atoms with Crippen LogP contribution in [0.2, 0.25) is 5.02 Å². The molecule has 0 saturated carbocycles. The first-order valence-electron chi connectivity index (χ1n) is 3.66. The average Bonchev–Trinajstić information content (AvgIpc) is 2.05. The zero-order chi connectivity index (χ0) is 9.19. The highest BCUT2D eigenvalue weighted by atomic mass is 35.5. The quantitative estimate of drug-likeness (QED) is 0.604. The second-order valence-electron chi connectivity index (χ2n) is 3.13. The molecule has 12 heavy (non-hydrogen) atoms. The molecule has 0 bridgehead atoms. The SMILES string of the molecule is C#CC(C)(C)c1ccc(Cl)cn1. The van der Waals surface area contributed by atoms with Crippen LogP contribution in [0.25, 0.3) is 0 Å². The van der Waals surface area contributed by atoms with E-state index >= 15 is 0 Å². The highest BCUT2D eigenvalue weighted by molar-refractivity contribution is 6.30. The van der Waals surface area contributed by atoms with E-state index in [0.717, 1.165) is 5.69 Å². The van der Waals surface area contributed by atoms with Crippen molar-refractivity contribution < 1.29 is 0 Å². The minimum atomic E-state index is -0.315. The maximum absolute atomic E-state index is 5.69. The zero-order valence-corrected chi connectivity index (χ0v) is 7.89. The summed E-state index contributed by atoms with van der Waals surface area (Å²) in [5, 5.41) is 0.631. The van der Waals surface area contributed by atoms with Crippen molar-refractivity contribution in [3.8, 4) is 12.3 Å². The van der Waals surface area contributed by atoms with Crippen LogP contribution in [0.15, 0.2) is 18.3 Å². The Balaban J connectivity index is 3.07. The van der Waals surface area contributed by atoms with E-state index in [9.17, 15) is 0 Å². The van der Waals surface area contributed by atoms with Crippen molar-refractivity contribution in [3.63, 3.8) is 0 Å². The number of pyridine rings is 1. The number of nitrogens with zero attached hydrogens (tertiary/aromatic N) is 1. The number of rotatable bonds is 1. The molecule has 0 amide bonds. The van der Waals surface area contributed by atoms with Crippen LogP contribution >= 0.6 is 11.6 Å². The highest BCUT2D eigenvalue weighted by Crippen LogP contribution is 2.20. The lowest BCUT2D eigenvalue weighted by molar-refractivity contribution is 0.670. The zero-order valence-electron chi connectivity index (χ0n) is 7.13. The highest BCUT2D eigenvalue weighted by Gasteiger charge is 2.17.